The van der Waals surface area contributed by atoms with Gasteiger partial charge in [-0.3, -0.25) is 4.79 Å². The number of aryl methyl sites for hydroxylation is 1. The predicted molar refractivity (Wildman–Crippen MR) is 74.6 cm³/mol. The number of halogens is 1. The van der Waals surface area contributed by atoms with Crippen LogP contribution in [0.2, 0.25) is 0 Å². The molecular formula is C15H21FN2O. The Labute approximate surface area is 113 Å². The summed E-state index contributed by atoms with van der Waals surface area (Å²) in [5, 5.41) is 6.16. The molecule has 2 N–H and O–H groups in total. The zero-order valence-corrected chi connectivity index (χ0v) is 11.3. The molecule has 1 fully saturated rings. The van der Waals surface area contributed by atoms with Crippen LogP contribution in [0.5, 0.6) is 0 Å². The molecule has 0 radical (unpaired) electrons. The molecule has 1 aliphatic heterocycles. The molecular weight excluding hydrogens is 243 g/mol. The first kappa shape index (κ1) is 14.0. The van der Waals surface area contributed by atoms with Crippen molar-refractivity contribution in [2.24, 2.45) is 0 Å². The van der Waals surface area contributed by atoms with Gasteiger partial charge in [0.25, 0.3) is 0 Å². The molecule has 1 aliphatic rings. The van der Waals surface area contributed by atoms with Crippen LogP contribution in [0.4, 0.5) is 10.1 Å². The largest absolute Gasteiger partial charge is 0.326 e. The van der Waals surface area contributed by atoms with Crippen molar-refractivity contribution in [1.82, 2.24) is 5.32 Å². The van der Waals surface area contributed by atoms with Gasteiger partial charge in [-0.25, -0.2) is 4.39 Å². The second-order valence-electron chi connectivity index (χ2n) is 5.20. The Balaban J connectivity index is 1.78. The van der Waals surface area contributed by atoms with Gasteiger partial charge in [0.1, 0.15) is 5.82 Å². The van der Waals surface area contributed by atoms with Crippen LogP contribution >= 0.6 is 0 Å². The number of carbonyl (C=O) groups is 1. The van der Waals surface area contributed by atoms with Gasteiger partial charge in [-0.05, 0) is 50.4 Å². The molecule has 0 saturated carbocycles. The molecule has 1 heterocycles. The Kier molecular flexibility index (Phi) is 4.91. The van der Waals surface area contributed by atoms with Crippen LogP contribution in [0, 0.1) is 12.7 Å². The molecule has 0 aromatic heterocycles. The number of anilines is 1. The molecule has 104 valence electrons. The van der Waals surface area contributed by atoms with Crippen molar-refractivity contribution in [2.45, 2.75) is 45.1 Å². The lowest BCUT2D eigenvalue weighted by atomic mass is 10.0. The summed E-state index contributed by atoms with van der Waals surface area (Å²) < 4.78 is 13.3. The van der Waals surface area contributed by atoms with Gasteiger partial charge < -0.3 is 10.6 Å². The van der Waals surface area contributed by atoms with Gasteiger partial charge in [0.05, 0.1) is 0 Å². The van der Waals surface area contributed by atoms with E-state index in [1.807, 2.05) is 0 Å². The van der Waals surface area contributed by atoms with Crippen LogP contribution in [0.15, 0.2) is 18.2 Å². The van der Waals surface area contributed by atoms with Crippen molar-refractivity contribution >= 4 is 11.6 Å². The molecule has 2 rings (SSSR count). The maximum atomic E-state index is 13.3. The maximum absolute atomic E-state index is 13.3. The van der Waals surface area contributed by atoms with E-state index in [0.717, 1.165) is 19.4 Å². The van der Waals surface area contributed by atoms with Crippen molar-refractivity contribution < 1.29 is 9.18 Å². The van der Waals surface area contributed by atoms with Crippen LogP contribution in [0.25, 0.3) is 0 Å². The lowest BCUT2D eigenvalue weighted by Crippen LogP contribution is -2.34. The van der Waals surface area contributed by atoms with Crippen molar-refractivity contribution in [3.8, 4) is 0 Å². The normalized spacial score (nSPS) is 19.2. The third-order valence-corrected chi connectivity index (χ3v) is 3.59. The molecule has 1 atom stereocenters. The lowest BCUT2D eigenvalue weighted by molar-refractivity contribution is -0.116. The van der Waals surface area contributed by atoms with E-state index in [1.165, 1.54) is 18.9 Å². The number of piperidine rings is 1. The Morgan fingerprint density at radius 2 is 2.32 bits per heavy atom. The molecule has 0 spiro atoms. The summed E-state index contributed by atoms with van der Waals surface area (Å²) in [5.74, 6) is -0.331. The molecule has 4 heteroatoms. The summed E-state index contributed by atoms with van der Waals surface area (Å²) in [7, 11) is 0. The summed E-state index contributed by atoms with van der Waals surface area (Å²) in [5.41, 5.74) is 1.12. The zero-order valence-electron chi connectivity index (χ0n) is 11.3. The van der Waals surface area contributed by atoms with E-state index in [9.17, 15) is 9.18 Å². The predicted octanol–water partition coefficient (Wildman–Crippen LogP) is 2.99. The van der Waals surface area contributed by atoms with E-state index >= 15 is 0 Å². The van der Waals surface area contributed by atoms with E-state index in [4.69, 9.17) is 0 Å². The maximum Gasteiger partial charge on any atom is 0.224 e. The van der Waals surface area contributed by atoms with E-state index in [0.29, 0.717) is 23.7 Å². The highest BCUT2D eigenvalue weighted by atomic mass is 19.1. The second-order valence-corrected chi connectivity index (χ2v) is 5.20. The summed E-state index contributed by atoms with van der Waals surface area (Å²) in [6.45, 7) is 2.76. The second kappa shape index (κ2) is 6.66. The first-order chi connectivity index (χ1) is 9.15. The highest BCUT2D eigenvalue weighted by Crippen LogP contribution is 2.15. The Hall–Kier alpha value is -1.42. The van der Waals surface area contributed by atoms with Gasteiger partial charge >= 0.3 is 0 Å². The van der Waals surface area contributed by atoms with Gasteiger partial charge in [0, 0.05) is 18.2 Å². The number of nitrogens with one attached hydrogen (secondary N) is 2. The van der Waals surface area contributed by atoms with E-state index < -0.39 is 0 Å². The monoisotopic (exact) mass is 264 g/mol. The quantitative estimate of drug-likeness (QED) is 0.877. The van der Waals surface area contributed by atoms with Gasteiger partial charge in [-0.2, -0.15) is 0 Å². The number of hydrogen-bond acceptors (Lipinski definition) is 2. The van der Waals surface area contributed by atoms with Gasteiger partial charge in [-0.15, -0.1) is 0 Å². The fourth-order valence-corrected chi connectivity index (χ4v) is 2.37. The zero-order chi connectivity index (χ0) is 13.7. The standard InChI is InChI=1S/C15H21FN2O/c1-11-5-6-13(10-14(11)16)18-15(19)8-7-12-4-2-3-9-17-12/h5-6,10,12,17H,2-4,7-9H2,1H3,(H,18,19). The van der Waals surface area contributed by atoms with Crippen LogP contribution in [-0.2, 0) is 4.79 Å². The smallest absolute Gasteiger partial charge is 0.224 e. The molecule has 0 bridgehead atoms. The first-order valence-electron chi connectivity index (χ1n) is 6.94. The first-order valence-corrected chi connectivity index (χ1v) is 6.94. The fourth-order valence-electron chi connectivity index (χ4n) is 2.37. The number of hydrogen-bond donors (Lipinski definition) is 2. The SMILES string of the molecule is Cc1ccc(NC(=O)CCC2CCCCN2)cc1F. The third-order valence-electron chi connectivity index (χ3n) is 3.59. The minimum Gasteiger partial charge on any atom is -0.326 e. The van der Waals surface area contributed by atoms with E-state index in [-0.39, 0.29) is 11.7 Å². The highest BCUT2D eigenvalue weighted by molar-refractivity contribution is 5.90. The summed E-state index contributed by atoms with van der Waals surface area (Å²) in [6, 6.07) is 5.23. The van der Waals surface area contributed by atoms with Crippen molar-refractivity contribution in [2.75, 3.05) is 11.9 Å². The van der Waals surface area contributed by atoms with Crippen molar-refractivity contribution in [3.63, 3.8) is 0 Å². The number of rotatable bonds is 4. The molecule has 1 aromatic carbocycles. The average Bonchev–Trinajstić information content (AvgIpc) is 2.42. The minimum absolute atomic E-state index is 0.0457. The Morgan fingerprint density at radius 3 is 3.00 bits per heavy atom. The third kappa shape index (κ3) is 4.31. The topological polar surface area (TPSA) is 41.1 Å². The van der Waals surface area contributed by atoms with Crippen LogP contribution in [0.1, 0.15) is 37.7 Å². The number of amides is 1. The molecule has 0 aliphatic carbocycles. The Morgan fingerprint density at radius 1 is 1.47 bits per heavy atom. The van der Waals surface area contributed by atoms with E-state index in [2.05, 4.69) is 10.6 Å². The van der Waals surface area contributed by atoms with Crippen LogP contribution < -0.4 is 10.6 Å². The Bertz CT molecular complexity index is 442. The average molecular weight is 264 g/mol. The van der Waals surface area contributed by atoms with Gasteiger partial charge in [0.15, 0.2) is 0 Å². The lowest BCUT2D eigenvalue weighted by Gasteiger charge is -2.23. The molecule has 3 nitrogen and oxygen atoms in total. The summed E-state index contributed by atoms with van der Waals surface area (Å²) >= 11 is 0. The summed E-state index contributed by atoms with van der Waals surface area (Å²) in [4.78, 5) is 11.8. The van der Waals surface area contributed by atoms with Crippen LogP contribution in [-0.4, -0.2) is 18.5 Å². The van der Waals surface area contributed by atoms with Crippen molar-refractivity contribution in [1.29, 1.82) is 0 Å². The van der Waals surface area contributed by atoms with Crippen LogP contribution in [0.3, 0.4) is 0 Å². The number of carbonyl (C=O) groups excluding carboxylic acids is 1. The molecule has 1 aromatic rings. The molecule has 1 unspecified atom stereocenters. The van der Waals surface area contributed by atoms with E-state index in [1.54, 1.807) is 19.1 Å². The van der Waals surface area contributed by atoms with Gasteiger partial charge in [-0.1, -0.05) is 12.5 Å². The summed E-state index contributed by atoms with van der Waals surface area (Å²) in [6.07, 6.45) is 4.94. The molecule has 19 heavy (non-hydrogen) atoms. The van der Waals surface area contributed by atoms with Crippen molar-refractivity contribution in [3.05, 3.63) is 29.6 Å². The minimum atomic E-state index is -0.285. The van der Waals surface area contributed by atoms with Gasteiger partial charge in [0.2, 0.25) is 5.91 Å². The fraction of sp³-hybridized carbons (Fsp3) is 0.533. The highest BCUT2D eigenvalue weighted by Gasteiger charge is 2.14. The molecule has 1 amide bonds. The number of benzene rings is 1. The molecule has 1 saturated heterocycles.